The van der Waals surface area contributed by atoms with Gasteiger partial charge >= 0.3 is 6.18 Å². The Morgan fingerprint density at radius 2 is 1.92 bits per heavy atom. The zero-order valence-corrected chi connectivity index (χ0v) is 14.0. The summed E-state index contributed by atoms with van der Waals surface area (Å²) >= 11 is 5.93. The molecule has 0 fully saturated rings. The molecular weight excluding hydrogens is 355 g/mol. The van der Waals surface area contributed by atoms with Crippen molar-refractivity contribution in [2.75, 3.05) is 5.32 Å². The van der Waals surface area contributed by atoms with Gasteiger partial charge in [0.15, 0.2) is 0 Å². The lowest BCUT2D eigenvalue weighted by molar-refractivity contribution is -0.137. The van der Waals surface area contributed by atoms with Crippen LogP contribution in [0, 0.1) is 13.8 Å². The molecule has 0 saturated carbocycles. The Labute approximate surface area is 146 Å². The van der Waals surface area contributed by atoms with Crippen LogP contribution in [0.3, 0.4) is 0 Å². The van der Waals surface area contributed by atoms with Gasteiger partial charge in [0.05, 0.1) is 22.0 Å². The van der Waals surface area contributed by atoms with Crippen LogP contribution >= 0.6 is 11.6 Å². The Kier molecular flexibility index (Phi) is 4.20. The van der Waals surface area contributed by atoms with Crippen molar-refractivity contribution in [2.45, 2.75) is 20.0 Å². The van der Waals surface area contributed by atoms with Gasteiger partial charge in [0.25, 0.3) is 5.91 Å². The molecule has 8 heteroatoms. The average Bonchev–Trinajstić information content (AvgIpc) is 2.83. The SMILES string of the molecule is Cc1ccc2nc(C)c(C(=O)Nc3cc(C(F)(F)F)ccc3Cl)n2c1. The predicted molar refractivity (Wildman–Crippen MR) is 89.1 cm³/mol. The van der Waals surface area contributed by atoms with Crippen LogP contribution in [-0.2, 0) is 6.18 Å². The van der Waals surface area contributed by atoms with Gasteiger partial charge in [-0.25, -0.2) is 4.98 Å². The molecule has 0 aliphatic carbocycles. The van der Waals surface area contributed by atoms with E-state index in [1.54, 1.807) is 23.6 Å². The number of benzene rings is 1. The highest BCUT2D eigenvalue weighted by Gasteiger charge is 2.31. The Balaban J connectivity index is 2.01. The number of carbonyl (C=O) groups is 1. The summed E-state index contributed by atoms with van der Waals surface area (Å²) in [5.41, 5.74) is 1.19. The van der Waals surface area contributed by atoms with E-state index >= 15 is 0 Å². The number of amides is 1. The maximum Gasteiger partial charge on any atom is 0.416 e. The van der Waals surface area contributed by atoms with Gasteiger partial charge in [-0.15, -0.1) is 0 Å². The Morgan fingerprint density at radius 3 is 2.60 bits per heavy atom. The maximum absolute atomic E-state index is 12.9. The van der Waals surface area contributed by atoms with Crippen molar-refractivity contribution >= 4 is 28.8 Å². The Bertz CT molecular complexity index is 979. The average molecular weight is 368 g/mol. The van der Waals surface area contributed by atoms with Crippen LogP contribution < -0.4 is 5.32 Å². The van der Waals surface area contributed by atoms with Gasteiger partial charge in [-0.1, -0.05) is 17.7 Å². The molecule has 2 heterocycles. The van der Waals surface area contributed by atoms with E-state index in [0.29, 0.717) is 11.3 Å². The Morgan fingerprint density at radius 1 is 1.20 bits per heavy atom. The number of alkyl halides is 3. The van der Waals surface area contributed by atoms with Crippen LogP contribution in [0.15, 0.2) is 36.5 Å². The van der Waals surface area contributed by atoms with Gasteiger partial charge in [-0.2, -0.15) is 13.2 Å². The third-order valence-corrected chi connectivity index (χ3v) is 4.03. The van der Waals surface area contributed by atoms with Crippen LogP contribution in [0.4, 0.5) is 18.9 Å². The molecule has 1 amide bonds. The van der Waals surface area contributed by atoms with Crippen molar-refractivity contribution < 1.29 is 18.0 Å². The number of carbonyl (C=O) groups excluding carboxylic acids is 1. The van der Waals surface area contributed by atoms with Gasteiger partial charge in [-0.05, 0) is 43.7 Å². The maximum atomic E-state index is 12.9. The van der Waals surface area contributed by atoms with E-state index in [4.69, 9.17) is 11.6 Å². The molecule has 25 heavy (non-hydrogen) atoms. The second kappa shape index (κ2) is 6.07. The van der Waals surface area contributed by atoms with E-state index in [9.17, 15) is 18.0 Å². The number of halogens is 4. The molecule has 4 nitrogen and oxygen atoms in total. The topological polar surface area (TPSA) is 46.4 Å². The molecule has 0 unspecified atom stereocenters. The van der Waals surface area contributed by atoms with E-state index in [-0.39, 0.29) is 16.4 Å². The number of hydrogen-bond acceptors (Lipinski definition) is 2. The predicted octanol–water partition coefficient (Wildman–Crippen LogP) is 4.88. The molecule has 2 aromatic heterocycles. The summed E-state index contributed by atoms with van der Waals surface area (Å²) < 4.78 is 40.2. The molecule has 1 N–H and O–H groups in total. The molecule has 0 atom stereocenters. The van der Waals surface area contributed by atoms with Crippen molar-refractivity contribution in [2.24, 2.45) is 0 Å². The molecule has 0 radical (unpaired) electrons. The quantitative estimate of drug-likeness (QED) is 0.702. The van der Waals surface area contributed by atoms with E-state index in [0.717, 1.165) is 23.8 Å². The summed E-state index contributed by atoms with van der Waals surface area (Å²) in [5, 5.41) is 2.46. The number of nitrogens with one attached hydrogen (secondary N) is 1. The van der Waals surface area contributed by atoms with Gasteiger partial charge in [-0.3, -0.25) is 9.20 Å². The molecule has 0 aliphatic heterocycles. The first-order chi connectivity index (χ1) is 11.7. The highest BCUT2D eigenvalue weighted by atomic mass is 35.5. The van der Waals surface area contributed by atoms with Crippen LogP contribution in [0.1, 0.15) is 27.3 Å². The molecule has 0 aliphatic rings. The van der Waals surface area contributed by atoms with Crippen LogP contribution in [0.25, 0.3) is 5.65 Å². The van der Waals surface area contributed by atoms with E-state index in [1.165, 1.54) is 0 Å². The zero-order chi connectivity index (χ0) is 18.4. The lowest BCUT2D eigenvalue weighted by Gasteiger charge is -2.12. The minimum Gasteiger partial charge on any atom is -0.319 e. The summed E-state index contributed by atoms with van der Waals surface area (Å²) in [4.78, 5) is 16.9. The number of rotatable bonds is 2. The third kappa shape index (κ3) is 3.32. The van der Waals surface area contributed by atoms with E-state index in [1.807, 2.05) is 13.0 Å². The van der Waals surface area contributed by atoms with E-state index < -0.39 is 17.6 Å². The van der Waals surface area contributed by atoms with Crippen molar-refractivity contribution in [3.05, 3.63) is 64.1 Å². The van der Waals surface area contributed by atoms with Gasteiger partial charge < -0.3 is 5.32 Å². The minimum absolute atomic E-state index is 0.0176. The number of aryl methyl sites for hydroxylation is 2. The number of nitrogens with zero attached hydrogens (tertiary/aromatic N) is 2. The molecule has 3 rings (SSSR count). The Hall–Kier alpha value is -2.54. The van der Waals surface area contributed by atoms with Crippen molar-refractivity contribution in [1.82, 2.24) is 9.38 Å². The fourth-order valence-corrected chi connectivity index (χ4v) is 2.69. The number of hydrogen-bond donors (Lipinski definition) is 1. The number of aromatic nitrogens is 2. The minimum atomic E-state index is -4.53. The highest BCUT2D eigenvalue weighted by molar-refractivity contribution is 6.34. The van der Waals surface area contributed by atoms with Crippen LogP contribution in [-0.4, -0.2) is 15.3 Å². The van der Waals surface area contributed by atoms with Gasteiger partial charge in [0.2, 0.25) is 0 Å². The fraction of sp³-hybridized carbons (Fsp3) is 0.176. The molecule has 0 bridgehead atoms. The zero-order valence-electron chi connectivity index (χ0n) is 13.3. The molecule has 0 spiro atoms. The molecular formula is C17H13ClF3N3O. The summed E-state index contributed by atoms with van der Waals surface area (Å²) in [7, 11) is 0. The number of anilines is 1. The second-order valence-electron chi connectivity index (χ2n) is 5.63. The van der Waals surface area contributed by atoms with Gasteiger partial charge in [0.1, 0.15) is 11.3 Å². The number of pyridine rings is 1. The molecule has 3 aromatic rings. The molecule has 1 aromatic carbocycles. The standard InChI is InChI=1S/C17H13ClF3N3O/c1-9-3-6-14-22-10(2)15(24(14)8-9)16(25)23-13-7-11(17(19,20)21)4-5-12(13)18/h3-8H,1-2H3,(H,23,25). The summed E-state index contributed by atoms with van der Waals surface area (Å²) in [6.07, 6.45) is -2.79. The largest absolute Gasteiger partial charge is 0.416 e. The smallest absolute Gasteiger partial charge is 0.319 e. The van der Waals surface area contributed by atoms with E-state index in [2.05, 4.69) is 10.3 Å². The third-order valence-electron chi connectivity index (χ3n) is 3.70. The lowest BCUT2D eigenvalue weighted by Crippen LogP contribution is -2.16. The van der Waals surface area contributed by atoms with Gasteiger partial charge in [0, 0.05) is 6.20 Å². The summed E-state index contributed by atoms with van der Waals surface area (Å²) in [6.45, 7) is 3.52. The van der Waals surface area contributed by atoms with Crippen LogP contribution in [0.2, 0.25) is 5.02 Å². The van der Waals surface area contributed by atoms with Crippen molar-refractivity contribution in [3.63, 3.8) is 0 Å². The monoisotopic (exact) mass is 367 g/mol. The number of fused-ring (bicyclic) bond motifs is 1. The lowest BCUT2D eigenvalue weighted by atomic mass is 10.2. The first-order valence-corrected chi connectivity index (χ1v) is 7.68. The molecule has 0 saturated heterocycles. The summed E-state index contributed by atoms with van der Waals surface area (Å²) in [5.74, 6) is -0.586. The molecule has 130 valence electrons. The fourth-order valence-electron chi connectivity index (χ4n) is 2.52. The normalized spacial score (nSPS) is 11.8. The van der Waals surface area contributed by atoms with Crippen molar-refractivity contribution in [3.8, 4) is 0 Å². The summed E-state index contributed by atoms with van der Waals surface area (Å²) in [6, 6.07) is 6.39. The second-order valence-corrected chi connectivity index (χ2v) is 6.03. The highest BCUT2D eigenvalue weighted by Crippen LogP contribution is 2.34. The van der Waals surface area contributed by atoms with Crippen molar-refractivity contribution in [1.29, 1.82) is 0 Å². The van der Waals surface area contributed by atoms with Crippen LogP contribution in [0.5, 0.6) is 0 Å². The first kappa shape index (κ1) is 17.3. The first-order valence-electron chi connectivity index (χ1n) is 7.30. The number of imidazole rings is 1.